The van der Waals surface area contributed by atoms with Gasteiger partial charge in [0.2, 0.25) is 5.91 Å². The maximum absolute atomic E-state index is 12.0. The second-order valence-electron chi connectivity index (χ2n) is 4.12. The average molecular weight is 325 g/mol. The summed E-state index contributed by atoms with van der Waals surface area (Å²) >= 11 is 11.7. The number of aromatic nitrogens is 3. The van der Waals surface area contributed by atoms with Crippen LogP contribution in [0.3, 0.4) is 0 Å². The maximum Gasteiger partial charge on any atom is 0.231 e. The third-order valence-corrected chi connectivity index (χ3v) is 3.04. The number of nitrogens with zero attached hydrogens (tertiary/aromatic N) is 3. The number of pyridine rings is 1. The summed E-state index contributed by atoms with van der Waals surface area (Å²) in [6, 6.07) is 1.50. The number of carbonyl (C=O) groups excluding carboxylic acids is 2. The van der Waals surface area contributed by atoms with Crippen molar-refractivity contribution in [1.29, 1.82) is 0 Å². The van der Waals surface area contributed by atoms with Crippen LogP contribution in [0, 0.1) is 0 Å². The third kappa shape index (κ3) is 3.96. The summed E-state index contributed by atoms with van der Waals surface area (Å²) in [5.74, 6) is -0.587. The highest BCUT2D eigenvalue weighted by Crippen LogP contribution is 2.19. The zero-order valence-corrected chi connectivity index (χ0v) is 12.4. The molecule has 0 aliphatic carbocycles. The summed E-state index contributed by atoms with van der Waals surface area (Å²) in [7, 11) is 0. The summed E-state index contributed by atoms with van der Waals surface area (Å²) in [5.41, 5.74) is 0.479. The van der Waals surface area contributed by atoms with Gasteiger partial charge in [0.25, 0.3) is 0 Å². The fourth-order valence-corrected chi connectivity index (χ4v) is 2.04. The van der Waals surface area contributed by atoms with Gasteiger partial charge in [-0.05, 0) is 6.07 Å². The van der Waals surface area contributed by atoms with Crippen LogP contribution >= 0.6 is 23.2 Å². The van der Waals surface area contributed by atoms with Gasteiger partial charge < -0.3 is 5.32 Å². The van der Waals surface area contributed by atoms with Gasteiger partial charge in [0, 0.05) is 25.5 Å². The van der Waals surface area contributed by atoms with Crippen molar-refractivity contribution in [3.63, 3.8) is 0 Å². The number of carbonyl (C=O) groups is 2. The minimum atomic E-state index is -0.408. The van der Waals surface area contributed by atoms with Crippen molar-refractivity contribution in [1.82, 2.24) is 15.0 Å². The van der Waals surface area contributed by atoms with E-state index in [1.807, 2.05) is 0 Å². The van der Waals surface area contributed by atoms with Gasteiger partial charge >= 0.3 is 0 Å². The standard InChI is InChI=1S/C13H10Cl2N4O2/c1-7(20)12-13(17-3-2-16-12)19-11(21)5-10-9(15)4-8(14)6-18-10/h2-4,6H,5H2,1H3,(H,17,19,21). The molecule has 0 bridgehead atoms. The van der Waals surface area contributed by atoms with E-state index in [0.717, 1.165) is 0 Å². The van der Waals surface area contributed by atoms with Crippen LogP contribution < -0.4 is 5.32 Å². The van der Waals surface area contributed by atoms with E-state index in [9.17, 15) is 9.59 Å². The smallest absolute Gasteiger partial charge is 0.231 e. The predicted molar refractivity (Wildman–Crippen MR) is 78.6 cm³/mol. The Bertz CT molecular complexity index is 706. The second-order valence-corrected chi connectivity index (χ2v) is 4.96. The van der Waals surface area contributed by atoms with Crippen LogP contribution in [0.25, 0.3) is 0 Å². The van der Waals surface area contributed by atoms with E-state index in [2.05, 4.69) is 20.3 Å². The molecule has 1 amide bonds. The summed E-state index contributed by atoms with van der Waals surface area (Å²) in [6.07, 6.45) is 4.10. The van der Waals surface area contributed by atoms with Crippen LogP contribution in [-0.4, -0.2) is 26.6 Å². The highest BCUT2D eigenvalue weighted by Gasteiger charge is 2.14. The second kappa shape index (κ2) is 6.60. The number of hydrogen-bond acceptors (Lipinski definition) is 5. The molecule has 6 nitrogen and oxygen atoms in total. The SMILES string of the molecule is CC(=O)c1nccnc1NC(=O)Cc1ncc(Cl)cc1Cl. The van der Waals surface area contributed by atoms with E-state index < -0.39 is 5.91 Å². The van der Waals surface area contributed by atoms with E-state index in [1.165, 1.54) is 31.6 Å². The van der Waals surface area contributed by atoms with Crippen molar-refractivity contribution in [3.8, 4) is 0 Å². The van der Waals surface area contributed by atoms with Crippen molar-refractivity contribution in [2.24, 2.45) is 0 Å². The molecule has 0 atom stereocenters. The molecule has 0 radical (unpaired) electrons. The van der Waals surface area contributed by atoms with Gasteiger partial charge in [-0.25, -0.2) is 9.97 Å². The maximum atomic E-state index is 12.0. The molecule has 0 unspecified atom stereocenters. The molecule has 1 N–H and O–H groups in total. The molecule has 0 aromatic carbocycles. The predicted octanol–water partition coefficient (Wildman–Crippen LogP) is 2.56. The first-order valence-electron chi connectivity index (χ1n) is 5.89. The van der Waals surface area contributed by atoms with Crippen molar-refractivity contribution < 1.29 is 9.59 Å². The van der Waals surface area contributed by atoms with Gasteiger partial charge in [-0.2, -0.15) is 0 Å². The molecule has 21 heavy (non-hydrogen) atoms. The van der Waals surface area contributed by atoms with Gasteiger partial charge in [0.1, 0.15) is 5.69 Å². The average Bonchev–Trinajstić information content (AvgIpc) is 2.42. The largest absolute Gasteiger partial charge is 0.308 e. The number of Topliss-reactive ketones (excluding diaryl/α,β-unsaturated/α-hetero) is 1. The molecule has 2 aromatic heterocycles. The Hall–Kier alpha value is -2.05. The highest BCUT2D eigenvalue weighted by atomic mass is 35.5. The zero-order chi connectivity index (χ0) is 15.4. The van der Waals surface area contributed by atoms with Crippen molar-refractivity contribution in [3.05, 3.63) is 46.1 Å². The Morgan fingerprint density at radius 2 is 1.90 bits per heavy atom. The fraction of sp³-hybridized carbons (Fsp3) is 0.154. The van der Waals surface area contributed by atoms with Crippen LogP contribution in [0.4, 0.5) is 5.82 Å². The minimum absolute atomic E-state index is 0.0656. The lowest BCUT2D eigenvalue weighted by Crippen LogP contribution is -2.19. The number of nitrogens with one attached hydrogen (secondary N) is 1. The molecule has 2 rings (SSSR count). The normalized spacial score (nSPS) is 10.2. The molecule has 108 valence electrons. The molecule has 8 heteroatoms. The number of halogens is 2. The summed E-state index contributed by atoms with van der Waals surface area (Å²) < 4.78 is 0. The van der Waals surface area contributed by atoms with E-state index in [1.54, 1.807) is 0 Å². The molecule has 2 heterocycles. The number of ketones is 1. The third-order valence-electron chi connectivity index (χ3n) is 2.50. The lowest BCUT2D eigenvalue weighted by Gasteiger charge is -2.07. The van der Waals surface area contributed by atoms with Crippen molar-refractivity contribution >= 4 is 40.7 Å². The molecule has 0 fully saturated rings. The van der Waals surface area contributed by atoms with Gasteiger partial charge in [-0.15, -0.1) is 0 Å². The zero-order valence-electron chi connectivity index (χ0n) is 10.9. The Morgan fingerprint density at radius 1 is 1.19 bits per heavy atom. The Labute approximate surface area is 130 Å². The van der Waals surface area contributed by atoms with E-state index in [4.69, 9.17) is 23.2 Å². The molecule has 0 saturated heterocycles. The van der Waals surface area contributed by atoms with Crippen LogP contribution in [-0.2, 0) is 11.2 Å². The van der Waals surface area contributed by atoms with Crippen LogP contribution in [0.1, 0.15) is 23.1 Å². The van der Waals surface area contributed by atoms with Crippen molar-refractivity contribution in [2.75, 3.05) is 5.32 Å². The first-order chi connectivity index (χ1) is 9.97. The Balaban J connectivity index is 2.14. The highest BCUT2D eigenvalue weighted by molar-refractivity contribution is 6.34. The number of anilines is 1. The van der Waals surface area contributed by atoms with E-state index in [0.29, 0.717) is 15.7 Å². The summed E-state index contributed by atoms with van der Waals surface area (Å²) in [4.78, 5) is 35.2. The molecule has 2 aromatic rings. The van der Waals surface area contributed by atoms with Crippen LogP contribution in [0.15, 0.2) is 24.7 Å². The van der Waals surface area contributed by atoms with Crippen LogP contribution in [0.2, 0.25) is 10.0 Å². The molecular formula is C13H10Cl2N4O2. The summed E-state index contributed by atoms with van der Waals surface area (Å²) in [5, 5.41) is 3.20. The lowest BCUT2D eigenvalue weighted by molar-refractivity contribution is -0.115. The Morgan fingerprint density at radius 3 is 2.57 bits per heavy atom. The first-order valence-corrected chi connectivity index (χ1v) is 6.64. The van der Waals surface area contributed by atoms with Gasteiger partial charge in [0.05, 0.1) is 22.2 Å². The molecule has 0 spiro atoms. The Kier molecular flexibility index (Phi) is 4.82. The molecule has 0 aliphatic rings. The van der Waals surface area contributed by atoms with Crippen molar-refractivity contribution in [2.45, 2.75) is 13.3 Å². The quantitative estimate of drug-likeness (QED) is 0.873. The van der Waals surface area contributed by atoms with Gasteiger partial charge in [-0.3, -0.25) is 14.6 Å². The molecular weight excluding hydrogens is 315 g/mol. The van der Waals surface area contributed by atoms with Gasteiger partial charge in [-0.1, -0.05) is 23.2 Å². The monoisotopic (exact) mass is 324 g/mol. The first kappa shape index (κ1) is 15.3. The topological polar surface area (TPSA) is 84.8 Å². The number of hydrogen-bond donors (Lipinski definition) is 1. The van der Waals surface area contributed by atoms with E-state index >= 15 is 0 Å². The summed E-state index contributed by atoms with van der Waals surface area (Å²) in [6.45, 7) is 1.34. The van der Waals surface area contributed by atoms with E-state index in [-0.39, 0.29) is 23.7 Å². The van der Waals surface area contributed by atoms with Gasteiger partial charge in [0.15, 0.2) is 11.6 Å². The number of amides is 1. The van der Waals surface area contributed by atoms with Crippen LogP contribution in [0.5, 0.6) is 0 Å². The lowest BCUT2D eigenvalue weighted by atomic mass is 10.2. The molecule has 0 saturated carbocycles. The minimum Gasteiger partial charge on any atom is -0.308 e. The molecule has 0 aliphatic heterocycles. The fourth-order valence-electron chi connectivity index (χ4n) is 1.59. The number of rotatable bonds is 4.